The van der Waals surface area contributed by atoms with E-state index in [0.717, 1.165) is 45.1 Å². The molecule has 0 N–H and O–H groups in total. The number of hydrogen-bond acceptors (Lipinski definition) is 5. The number of hydrogen-bond donors (Lipinski definition) is 0. The van der Waals surface area contributed by atoms with E-state index in [1.165, 1.54) is 25.3 Å². The normalized spacial score (nSPS) is 54.0. The molecule has 5 heteroatoms. The lowest BCUT2D eigenvalue weighted by molar-refractivity contribution is -0.272. The van der Waals surface area contributed by atoms with E-state index in [-0.39, 0.29) is 34.9 Å². The van der Waals surface area contributed by atoms with Crippen molar-refractivity contribution in [3.05, 3.63) is 11.6 Å². The Kier molecular flexibility index (Phi) is 5.22. The van der Waals surface area contributed by atoms with Crippen LogP contribution in [0.15, 0.2) is 11.6 Å². The monoisotopic (exact) mass is 470 g/mol. The molecular weight excluding hydrogens is 428 g/mol. The van der Waals surface area contributed by atoms with E-state index in [9.17, 15) is 9.59 Å². The molecule has 0 radical (unpaired) electrons. The number of rotatable bonds is 1. The molecule has 6 rings (SSSR count). The van der Waals surface area contributed by atoms with Gasteiger partial charge < -0.3 is 14.2 Å². The van der Waals surface area contributed by atoms with Gasteiger partial charge in [0.05, 0.1) is 12.7 Å². The zero-order valence-electron chi connectivity index (χ0n) is 21.6. The molecule has 0 amide bonds. The van der Waals surface area contributed by atoms with Crippen LogP contribution in [0.3, 0.4) is 0 Å². The summed E-state index contributed by atoms with van der Waals surface area (Å²) in [5, 5.41) is 0. The van der Waals surface area contributed by atoms with Crippen LogP contribution < -0.4 is 0 Å². The second-order valence-corrected chi connectivity index (χ2v) is 13.2. The minimum Gasteiger partial charge on any atom is -0.462 e. The first-order valence-electron chi connectivity index (χ1n) is 13.8. The minimum absolute atomic E-state index is 0.0462. The molecule has 2 aliphatic heterocycles. The number of ketones is 1. The predicted molar refractivity (Wildman–Crippen MR) is 128 cm³/mol. The number of ether oxygens (including phenoxy) is 3. The zero-order chi connectivity index (χ0) is 24.0. The smallest absolute Gasteiger partial charge is 0.302 e. The zero-order valence-corrected chi connectivity index (χ0v) is 21.6. The lowest BCUT2D eigenvalue weighted by atomic mass is 9.46. The Labute approximate surface area is 204 Å². The lowest BCUT2D eigenvalue weighted by Gasteiger charge is -2.57. The third kappa shape index (κ3) is 3.11. The molecule has 5 nitrogen and oxygen atoms in total. The molecule has 0 aromatic heterocycles. The van der Waals surface area contributed by atoms with Gasteiger partial charge in [0.15, 0.2) is 11.6 Å². The molecule has 1 spiro atoms. The average Bonchev–Trinajstić information content (AvgIpc) is 3.21. The van der Waals surface area contributed by atoms with Crippen molar-refractivity contribution in [2.75, 3.05) is 6.61 Å². The summed E-state index contributed by atoms with van der Waals surface area (Å²) in [6.45, 7) is 11.8. The molecule has 2 saturated heterocycles. The van der Waals surface area contributed by atoms with Crippen LogP contribution in [0.25, 0.3) is 0 Å². The van der Waals surface area contributed by atoms with E-state index < -0.39 is 5.79 Å². The first kappa shape index (κ1) is 23.2. The van der Waals surface area contributed by atoms with Crippen LogP contribution in [0.1, 0.15) is 86.0 Å². The minimum atomic E-state index is -0.405. The first-order valence-corrected chi connectivity index (χ1v) is 13.8. The second kappa shape index (κ2) is 7.65. The maximum absolute atomic E-state index is 13.7. The van der Waals surface area contributed by atoms with Crippen LogP contribution in [0.5, 0.6) is 0 Å². The highest BCUT2D eigenvalue weighted by Gasteiger charge is 2.69. The van der Waals surface area contributed by atoms with Crippen molar-refractivity contribution in [1.29, 1.82) is 0 Å². The van der Waals surface area contributed by atoms with Crippen LogP contribution in [0.4, 0.5) is 0 Å². The molecule has 5 fully saturated rings. The Bertz CT molecular complexity index is 915. The Balaban J connectivity index is 1.27. The molecule has 6 aliphatic rings. The van der Waals surface area contributed by atoms with Crippen molar-refractivity contribution in [2.24, 2.45) is 46.3 Å². The summed E-state index contributed by atoms with van der Waals surface area (Å²) in [5.41, 5.74) is 1.41. The van der Waals surface area contributed by atoms with E-state index in [2.05, 4.69) is 27.7 Å². The largest absolute Gasteiger partial charge is 0.462 e. The highest BCUT2D eigenvalue weighted by molar-refractivity contribution is 5.94. The van der Waals surface area contributed by atoms with Crippen molar-refractivity contribution in [3.63, 3.8) is 0 Å². The van der Waals surface area contributed by atoms with E-state index in [1.807, 2.05) is 6.08 Å². The molecule has 3 saturated carbocycles. The van der Waals surface area contributed by atoms with Gasteiger partial charge in [-0.05, 0) is 79.1 Å². The Hall–Kier alpha value is -1.20. The van der Waals surface area contributed by atoms with Gasteiger partial charge in [0.25, 0.3) is 0 Å². The molecule has 0 bridgehead atoms. The molecule has 0 aromatic rings. The highest BCUT2D eigenvalue weighted by atomic mass is 16.7. The molecule has 0 aromatic carbocycles. The summed E-state index contributed by atoms with van der Waals surface area (Å²) < 4.78 is 18.8. The van der Waals surface area contributed by atoms with Gasteiger partial charge in [-0.3, -0.25) is 9.59 Å². The predicted octanol–water partition coefficient (Wildman–Crippen LogP) is 5.46. The molecule has 2 unspecified atom stereocenters. The topological polar surface area (TPSA) is 61.8 Å². The molecule has 34 heavy (non-hydrogen) atoms. The molecular formula is C29H42O5. The maximum Gasteiger partial charge on any atom is 0.302 e. The van der Waals surface area contributed by atoms with Crippen LogP contribution in [-0.4, -0.2) is 36.4 Å². The van der Waals surface area contributed by atoms with Crippen molar-refractivity contribution < 1.29 is 23.8 Å². The molecule has 2 heterocycles. The summed E-state index contributed by atoms with van der Waals surface area (Å²) in [6, 6.07) is 0. The molecule has 11 atom stereocenters. The van der Waals surface area contributed by atoms with Gasteiger partial charge in [0.2, 0.25) is 0 Å². The van der Waals surface area contributed by atoms with Crippen molar-refractivity contribution in [1.82, 2.24) is 0 Å². The average molecular weight is 471 g/mol. The van der Waals surface area contributed by atoms with Gasteiger partial charge in [-0.15, -0.1) is 0 Å². The quantitative estimate of drug-likeness (QED) is 0.476. The van der Waals surface area contributed by atoms with Gasteiger partial charge in [-0.1, -0.05) is 33.3 Å². The summed E-state index contributed by atoms with van der Waals surface area (Å²) in [6.07, 6.45) is 10.2. The number of allylic oxidation sites excluding steroid dienone is 1. The SMILES string of the molecule is CC(=O)O[C@H]1CC[C@@]2(C)C(=CC(=O)C3[C@@H]4C[C@@H]5O[C@]6(CCC(C)CO6)[C@@H](C)[C@@H]5[C@@]4(C)CC[C@@H]32)C1. The fraction of sp³-hybridized carbons (Fsp3) is 0.862. The van der Waals surface area contributed by atoms with E-state index in [4.69, 9.17) is 14.2 Å². The number of carbonyl (C=O) groups excluding carboxylic acids is 2. The van der Waals surface area contributed by atoms with Crippen LogP contribution in [-0.2, 0) is 23.8 Å². The molecule has 188 valence electrons. The van der Waals surface area contributed by atoms with Crippen LogP contribution in [0, 0.1) is 46.3 Å². The Morgan fingerprint density at radius 3 is 2.59 bits per heavy atom. The lowest BCUT2D eigenvalue weighted by Crippen LogP contribution is -2.55. The number of esters is 1. The van der Waals surface area contributed by atoms with E-state index >= 15 is 0 Å². The second-order valence-electron chi connectivity index (χ2n) is 13.2. The highest BCUT2D eigenvalue weighted by Crippen LogP contribution is 2.70. The number of carbonyl (C=O) groups is 2. The summed E-state index contributed by atoms with van der Waals surface area (Å²) in [5.74, 6) is 2.03. The third-order valence-electron chi connectivity index (χ3n) is 11.5. The van der Waals surface area contributed by atoms with Gasteiger partial charge in [-0.25, -0.2) is 0 Å². The summed E-state index contributed by atoms with van der Waals surface area (Å²) in [7, 11) is 0. The maximum atomic E-state index is 13.7. The molecule has 4 aliphatic carbocycles. The summed E-state index contributed by atoms with van der Waals surface area (Å²) in [4.78, 5) is 25.2. The van der Waals surface area contributed by atoms with Crippen LogP contribution in [0.2, 0.25) is 0 Å². The van der Waals surface area contributed by atoms with Gasteiger partial charge in [0.1, 0.15) is 6.10 Å². The fourth-order valence-corrected chi connectivity index (χ4v) is 9.73. The van der Waals surface area contributed by atoms with E-state index in [1.54, 1.807) is 0 Å². The van der Waals surface area contributed by atoms with E-state index in [0.29, 0.717) is 35.4 Å². The van der Waals surface area contributed by atoms with Crippen molar-refractivity contribution >= 4 is 11.8 Å². The van der Waals surface area contributed by atoms with Gasteiger partial charge >= 0.3 is 5.97 Å². The van der Waals surface area contributed by atoms with Crippen molar-refractivity contribution in [2.45, 2.75) is 104 Å². The fourth-order valence-electron chi connectivity index (χ4n) is 9.73. The van der Waals surface area contributed by atoms with Gasteiger partial charge in [-0.2, -0.15) is 0 Å². The summed E-state index contributed by atoms with van der Waals surface area (Å²) >= 11 is 0. The Morgan fingerprint density at radius 2 is 1.88 bits per heavy atom. The van der Waals surface area contributed by atoms with Gasteiger partial charge in [0, 0.05) is 31.6 Å². The Morgan fingerprint density at radius 1 is 1.09 bits per heavy atom. The number of fused-ring (bicyclic) bond motifs is 7. The third-order valence-corrected chi connectivity index (χ3v) is 11.5. The van der Waals surface area contributed by atoms with Crippen molar-refractivity contribution in [3.8, 4) is 0 Å². The standard InChI is InChI=1S/C29H42O5/c1-16-6-11-29(32-15-16)17(2)26-24(34-29)14-22-25-21(8-10-28(22,26)5)27(4)9-7-20(33-18(3)30)12-19(27)13-23(25)31/h13,16-17,20-22,24-26H,6-12,14-15H2,1-5H3/t16?,17-,20-,21-,22-,24-,25?,26-,27-,28-,29+/m0/s1. The first-order chi connectivity index (χ1) is 16.1. The van der Waals surface area contributed by atoms with Crippen LogP contribution >= 0.6 is 0 Å².